The Hall–Kier alpha value is -2.53. The van der Waals surface area contributed by atoms with Crippen molar-refractivity contribution in [3.8, 4) is 12.1 Å². The van der Waals surface area contributed by atoms with Crippen molar-refractivity contribution in [3.63, 3.8) is 0 Å². The van der Waals surface area contributed by atoms with E-state index in [9.17, 15) is 15.3 Å². The molecule has 2 unspecified atom stereocenters. The molecule has 0 aliphatic heterocycles. The van der Waals surface area contributed by atoms with Crippen molar-refractivity contribution in [3.05, 3.63) is 35.9 Å². The van der Waals surface area contributed by atoms with E-state index in [0.29, 0.717) is 6.54 Å². The van der Waals surface area contributed by atoms with E-state index in [1.807, 2.05) is 65.0 Å². The molecule has 24 heavy (non-hydrogen) atoms. The number of carbonyl (C=O) groups excluding carboxylic acids is 1. The van der Waals surface area contributed by atoms with Gasteiger partial charge in [0.05, 0.1) is 12.1 Å². The third-order valence-corrected chi connectivity index (χ3v) is 3.80. The van der Waals surface area contributed by atoms with Crippen molar-refractivity contribution < 1.29 is 9.53 Å². The van der Waals surface area contributed by atoms with Crippen molar-refractivity contribution in [2.75, 3.05) is 6.54 Å². The predicted molar refractivity (Wildman–Crippen MR) is 92.0 cm³/mol. The minimum absolute atomic E-state index is 0.350. The number of benzene rings is 1. The van der Waals surface area contributed by atoms with Gasteiger partial charge < -0.3 is 9.64 Å². The maximum atomic E-state index is 12.5. The molecule has 0 saturated heterocycles. The zero-order chi connectivity index (χ0) is 18.3. The number of carbonyl (C=O) groups is 1. The summed E-state index contributed by atoms with van der Waals surface area (Å²) in [5, 5.41) is 18.8. The molecule has 1 aromatic rings. The van der Waals surface area contributed by atoms with Crippen molar-refractivity contribution in [1.29, 1.82) is 10.5 Å². The molecule has 5 nitrogen and oxygen atoms in total. The Labute approximate surface area is 144 Å². The van der Waals surface area contributed by atoms with E-state index < -0.39 is 23.5 Å². The van der Waals surface area contributed by atoms with Crippen molar-refractivity contribution in [1.82, 2.24) is 4.90 Å². The first-order chi connectivity index (χ1) is 11.2. The second-order valence-electron chi connectivity index (χ2n) is 6.68. The van der Waals surface area contributed by atoms with Crippen LogP contribution in [0.2, 0.25) is 0 Å². The summed E-state index contributed by atoms with van der Waals surface area (Å²) in [5.74, 6) is -1.26. The lowest BCUT2D eigenvalue weighted by Gasteiger charge is -2.36. The molecule has 0 bridgehead atoms. The minimum atomic E-state index is -0.848. The number of likely N-dealkylation sites (N-methyl/N-ethyl adjacent to an activating group) is 1. The fraction of sp³-hybridized carbons (Fsp3) is 0.526. The van der Waals surface area contributed by atoms with Crippen LogP contribution in [0.3, 0.4) is 0 Å². The highest BCUT2D eigenvalue weighted by Crippen LogP contribution is 2.31. The van der Waals surface area contributed by atoms with Crippen LogP contribution >= 0.6 is 0 Å². The molecule has 1 rings (SSSR count). The standard InChI is InChI=1S/C19H25N3O2/c1-6-22(18(23)24-19(3,4)5)14(2)17(16(12-20)13-21)15-10-8-7-9-11-15/h7-11,14,16-17H,6H2,1-5H3. The lowest BCUT2D eigenvalue weighted by atomic mass is 9.82. The normalized spacial score (nSPS) is 13.5. The van der Waals surface area contributed by atoms with Gasteiger partial charge in [-0.3, -0.25) is 0 Å². The quantitative estimate of drug-likeness (QED) is 0.816. The highest BCUT2D eigenvalue weighted by molar-refractivity contribution is 5.68. The molecule has 2 atom stereocenters. The van der Waals surface area contributed by atoms with Crippen LogP contribution in [-0.4, -0.2) is 29.2 Å². The number of hydrogen-bond acceptors (Lipinski definition) is 4. The van der Waals surface area contributed by atoms with Gasteiger partial charge in [-0.1, -0.05) is 30.3 Å². The number of ether oxygens (including phenoxy) is 1. The van der Waals surface area contributed by atoms with E-state index in [1.54, 1.807) is 4.90 Å². The largest absolute Gasteiger partial charge is 0.444 e. The van der Waals surface area contributed by atoms with Crippen LogP contribution in [0.1, 0.15) is 46.1 Å². The van der Waals surface area contributed by atoms with Crippen LogP contribution in [0.5, 0.6) is 0 Å². The monoisotopic (exact) mass is 327 g/mol. The summed E-state index contributed by atoms with van der Waals surface area (Å²) in [6, 6.07) is 13.1. The van der Waals surface area contributed by atoms with Crippen LogP contribution in [0.25, 0.3) is 0 Å². The molecular formula is C19H25N3O2. The molecule has 0 fully saturated rings. The van der Waals surface area contributed by atoms with E-state index in [0.717, 1.165) is 5.56 Å². The van der Waals surface area contributed by atoms with Crippen molar-refractivity contribution in [2.24, 2.45) is 5.92 Å². The summed E-state index contributed by atoms with van der Waals surface area (Å²) in [4.78, 5) is 14.1. The first-order valence-corrected chi connectivity index (χ1v) is 8.09. The van der Waals surface area contributed by atoms with Gasteiger partial charge >= 0.3 is 6.09 Å². The van der Waals surface area contributed by atoms with Gasteiger partial charge in [0.25, 0.3) is 0 Å². The van der Waals surface area contributed by atoms with Gasteiger partial charge in [0.1, 0.15) is 11.5 Å². The fourth-order valence-corrected chi connectivity index (χ4v) is 2.71. The second-order valence-corrected chi connectivity index (χ2v) is 6.68. The number of nitriles is 2. The first-order valence-electron chi connectivity index (χ1n) is 8.09. The minimum Gasteiger partial charge on any atom is -0.444 e. The molecule has 0 aromatic heterocycles. The third-order valence-electron chi connectivity index (χ3n) is 3.80. The molecule has 0 aliphatic rings. The summed E-state index contributed by atoms with van der Waals surface area (Å²) in [5.41, 5.74) is 0.260. The molecule has 128 valence electrons. The number of hydrogen-bond donors (Lipinski definition) is 0. The molecule has 0 saturated carbocycles. The summed E-state index contributed by atoms with van der Waals surface area (Å²) in [6.45, 7) is 9.58. The Morgan fingerprint density at radius 1 is 1.21 bits per heavy atom. The SMILES string of the molecule is CCN(C(=O)OC(C)(C)C)C(C)C(c1ccccc1)C(C#N)C#N. The number of amides is 1. The summed E-state index contributed by atoms with van der Waals surface area (Å²) in [6.07, 6.45) is -0.437. The molecule has 0 radical (unpaired) electrons. The smallest absolute Gasteiger partial charge is 0.410 e. The van der Waals surface area contributed by atoms with Gasteiger partial charge in [0.2, 0.25) is 0 Å². The van der Waals surface area contributed by atoms with Gasteiger partial charge in [0, 0.05) is 18.5 Å². The highest BCUT2D eigenvalue weighted by Gasteiger charge is 2.35. The van der Waals surface area contributed by atoms with Crippen LogP contribution in [-0.2, 0) is 4.74 Å². The maximum absolute atomic E-state index is 12.5. The topological polar surface area (TPSA) is 77.1 Å². The number of rotatable bonds is 5. The van der Waals surface area contributed by atoms with E-state index in [4.69, 9.17) is 4.74 Å². The molecule has 0 spiro atoms. The van der Waals surface area contributed by atoms with Crippen LogP contribution in [0.4, 0.5) is 4.79 Å². The summed E-state index contributed by atoms with van der Waals surface area (Å²) in [7, 11) is 0. The Morgan fingerprint density at radius 2 is 1.75 bits per heavy atom. The third kappa shape index (κ3) is 4.99. The van der Waals surface area contributed by atoms with Crippen LogP contribution in [0.15, 0.2) is 30.3 Å². The molecule has 5 heteroatoms. The molecular weight excluding hydrogens is 302 g/mol. The van der Waals surface area contributed by atoms with E-state index in [1.165, 1.54) is 0 Å². The second kappa shape index (κ2) is 8.36. The van der Waals surface area contributed by atoms with Crippen LogP contribution < -0.4 is 0 Å². The van der Waals surface area contributed by atoms with Crippen molar-refractivity contribution >= 4 is 6.09 Å². The zero-order valence-electron chi connectivity index (χ0n) is 15.0. The molecule has 1 aromatic carbocycles. The summed E-state index contributed by atoms with van der Waals surface area (Å²) < 4.78 is 5.47. The number of nitrogens with zero attached hydrogens (tertiary/aromatic N) is 3. The lowest BCUT2D eigenvalue weighted by molar-refractivity contribution is 0.0157. The Bertz CT molecular complexity index is 609. The highest BCUT2D eigenvalue weighted by atomic mass is 16.6. The molecule has 0 N–H and O–H groups in total. The van der Waals surface area contributed by atoms with Gasteiger partial charge in [-0.25, -0.2) is 4.79 Å². The van der Waals surface area contributed by atoms with Gasteiger partial charge in [-0.15, -0.1) is 0 Å². The molecule has 0 heterocycles. The summed E-state index contributed by atoms with van der Waals surface area (Å²) >= 11 is 0. The molecule has 1 amide bonds. The van der Waals surface area contributed by atoms with Crippen molar-refractivity contribution in [2.45, 2.75) is 52.2 Å². The van der Waals surface area contributed by atoms with E-state index in [-0.39, 0.29) is 6.04 Å². The zero-order valence-corrected chi connectivity index (χ0v) is 15.0. The maximum Gasteiger partial charge on any atom is 0.410 e. The predicted octanol–water partition coefficient (Wildman–Crippen LogP) is 4.08. The Kier molecular flexibility index (Phi) is 6.80. The van der Waals surface area contributed by atoms with E-state index >= 15 is 0 Å². The van der Waals surface area contributed by atoms with E-state index in [2.05, 4.69) is 12.1 Å². The Morgan fingerprint density at radius 3 is 2.17 bits per heavy atom. The average molecular weight is 327 g/mol. The van der Waals surface area contributed by atoms with Gasteiger partial charge in [-0.05, 0) is 40.2 Å². The Balaban J connectivity index is 3.19. The van der Waals surface area contributed by atoms with Gasteiger partial charge in [0.15, 0.2) is 0 Å². The molecule has 0 aliphatic carbocycles. The van der Waals surface area contributed by atoms with Gasteiger partial charge in [-0.2, -0.15) is 10.5 Å². The van der Waals surface area contributed by atoms with Crippen LogP contribution in [0, 0.1) is 28.6 Å². The first kappa shape index (κ1) is 19.5. The fourth-order valence-electron chi connectivity index (χ4n) is 2.71. The average Bonchev–Trinajstić information content (AvgIpc) is 2.52. The lowest BCUT2D eigenvalue weighted by Crippen LogP contribution is -2.45.